The molecular weight excluding hydrogens is 320 g/mol. The second-order valence-electron chi connectivity index (χ2n) is 6.31. The smallest absolute Gasteiger partial charge is 0.248 e. The molecule has 2 aromatic rings. The summed E-state index contributed by atoms with van der Waals surface area (Å²) in [7, 11) is 3.20. The number of oxazole rings is 1. The van der Waals surface area contributed by atoms with Crippen LogP contribution in [0.5, 0.6) is 5.75 Å². The van der Waals surface area contributed by atoms with Gasteiger partial charge in [0.1, 0.15) is 18.1 Å². The highest BCUT2D eigenvalue weighted by atomic mass is 16.5. The zero-order valence-electron chi connectivity index (χ0n) is 14.7. The summed E-state index contributed by atoms with van der Waals surface area (Å²) in [5.41, 5.74) is 1.11. The molecule has 0 N–H and O–H groups in total. The van der Waals surface area contributed by atoms with Crippen molar-refractivity contribution >= 4 is 5.91 Å². The maximum atomic E-state index is 12.0. The number of carbonyl (C=O) groups excluding carboxylic acids is 1. The molecule has 0 saturated carbocycles. The predicted octanol–water partition coefficient (Wildman–Crippen LogP) is 2.63. The van der Waals surface area contributed by atoms with Crippen LogP contribution in [0.4, 0.5) is 0 Å². The molecule has 6 nitrogen and oxygen atoms in total. The lowest BCUT2D eigenvalue weighted by Crippen LogP contribution is -2.40. The minimum atomic E-state index is 0.0235. The molecule has 1 aromatic heterocycles. The molecule has 0 radical (unpaired) electrons. The van der Waals surface area contributed by atoms with Crippen molar-refractivity contribution in [1.82, 2.24) is 9.88 Å². The molecular formula is C19H24N2O4. The standard InChI is InChI=1S/C19H24N2O4/c1-23-13-18(22)21-8-4-6-15(12-21)19-20-11-17(25-19)10-14-5-3-7-16(9-14)24-2/h3,5,7,9,11,15H,4,6,8,10,12-13H2,1-2H3. The fourth-order valence-electron chi connectivity index (χ4n) is 3.20. The van der Waals surface area contributed by atoms with Crippen LogP contribution in [0.15, 0.2) is 34.9 Å². The lowest BCUT2D eigenvalue weighted by molar-refractivity contribution is -0.136. The molecule has 2 heterocycles. The zero-order valence-corrected chi connectivity index (χ0v) is 14.7. The number of aromatic nitrogens is 1. The van der Waals surface area contributed by atoms with Crippen LogP contribution >= 0.6 is 0 Å². The van der Waals surface area contributed by atoms with Crippen molar-refractivity contribution in [2.45, 2.75) is 25.2 Å². The molecule has 6 heteroatoms. The number of rotatable bonds is 6. The van der Waals surface area contributed by atoms with Crippen molar-refractivity contribution in [3.05, 3.63) is 47.7 Å². The molecule has 1 saturated heterocycles. The van der Waals surface area contributed by atoms with Gasteiger partial charge >= 0.3 is 0 Å². The van der Waals surface area contributed by atoms with E-state index in [2.05, 4.69) is 4.98 Å². The van der Waals surface area contributed by atoms with Crippen LogP contribution in [0.25, 0.3) is 0 Å². The van der Waals surface area contributed by atoms with Gasteiger partial charge in [-0.3, -0.25) is 4.79 Å². The van der Waals surface area contributed by atoms with Crippen molar-refractivity contribution in [3.8, 4) is 5.75 Å². The third-order valence-corrected chi connectivity index (χ3v) is 4.48. The molecule has 25 heavy (non-hydrogen) atoms. The van der Waals surface area contributed by atoms with Gasteiger partial charge in [0.05, 0.1) is 19.2 Å². The number of amides is 1. The molecule has 0 bridgehead atoms. The van der Waals surface area contributed by atoms with Gasteiger partial charge in [0.2, 0.25) is 5.91 Å². The molecule has 1 amide bonds. The summed E-state index contributed by atoms with van der Waals surface area (Å²) in [4.78, 5) is 18.3. The lowest BCUT2D eigenvalue weighted by atomic mass is 9.98. The maximum absolute atomic E-state index is 12.0. The van der Waals surface area contributed by atoms with Crippen LogP contribution in [0.1, 0.15) is 36.0 Å². The molecule has 1 aliphatic heterocycles. The van der Waals surface area contributed by atoms with Gasteiger partial charge in [0, 0.05) is 26.6 Å². The van der Waals surface area contributed by atoms with Crippen LogP contribution in [0.2, 0.25) is 0 Å². The third kappa shape index (κ3) is 4.39. The molecule has 1 fully saturated rings. The Morgan fingerprint density at radius 3 is 3.08 bits per heavy atom. The van der Waals surface area contributed by atoms with Crippen LogP contribution in [0.3, 0.4) is 0 Å². The lowest BCUT2D eigenvalue weighted by Gasteiger charge is -2.31. The van der Waals surface area contributed by atoms with Crippen LogP contribution in [-0.4, -0.2) is 49.7 Å². The quantitative estimate of drug-likeness (QED) is 0.806. The molecule has 3 rings (SSSR count). The summed E-state index contributed by atoms with van der Waals surface area (Å²) in [6, 6.07) is 7.92. The van der Waals surface area contributed by atoms with E-state index in [4.69, 9.17) is 13.9 Å². The molecule has 1 aromatic carbocycles. The van der Waals surface area contributed by atoms with E-state index in [9.17, 15) is 4.79 Å². The minimum absolute atomic E-state index is 0.0235. The number of nitrogens with zero attached hydrogens (tertiary/aromatic N) is 2. The van der Waals surface area contributed by atoms with Gasteiger partial charge in [-0.2, -0.15) is 0 Å². The largest absolute Gasteiger partial charge is 0.497 e. The third-order valence-electron chi connectivity index (χ3n) is 4.48. The second kappa shape index (κ2) is 8.16. The Hall–Kier alpha value is -2.34. The molecule has 0 aliphatic carbocycles. The van der Waals surface area contributed by atoms with Gasteiger partial charge in [-0.15, -0.1) is 0 Å². The minimum Gasteiger partial charge on any atom is -0.497 e. The SMILES string of the molecule is COCC(=O)N1CCCC(c2ncc(Cc3cccc(OC)c3)o2)C1. The van der Waals surface area contributed by atoms with E-state index in [-0.39, 0.29) is 18.4 Å². The highest BCUT2D eigenvalue weighted by Gasteiger charge is 2.27. The van der Waals surface area contributed by atoms with Gasteiger partial charge in [-0.1, -0.05) is 12.1 Å². The Morgan fingerprint density at radius 1 is 1.40 bits per heavy atom. The Balaban J connectivity index is 1.65. The Bertz CT molecular complexity index is 713. The summed E-state index contributed by atoms with van der Waals surface area (Å²) in [6.45, 7) is 1.54. The van der Waals surface area contributed by atoms with E-state index in [0.29, 0.717) is 18.9 Å². The summed E-state index contributed by atoms with van der Waals surface area (Å²) in [5, 5.41) is 0. The monoisotopic (exact) mass is 344 g/mol. The Kier molecular flexibility index (Phi) is 5.71. The average Bonchev–Trinajstić information content (AvgIpc) is 3.11. The van der Waals surface area contributed by atoms with Gasteiger partial charge in [0.25, 0.3) is 0 Å². The first-order valence-corrected chi connectivity index (χ1v) is 8.54. The van der Waals surface area contributed by atoms with Crippen LogP contribution in [0, 0.1) is 0 Å². The fourth-order valence-corrected chi connectivity index (χ4v) is 3.20. The van der Waals surface area contributed by atoms with Gasteiger partial charge < -0.3 is 18.8 Å². The second-order valence-corrected chi connectivity index (χ2v) is 6.31. The van der Waals surface area contributed by atoms with Crippen molar-refractivity contribution in [2.24, 2.45) is 0 Å². The van der Waals surface area contributed by atoms with Crippen LogP contribution in [-0.2, 0) is 16.0 Å². The van der Waals surface area contributed by atoms with E-state index >= 15 is 0 Å². The number of methoxy groups -OCH3 is 2. The number of hydrogen-bond acceptors (Lipinski definition) is 5. The van der Waals surface area contributed by atoms with Gasteiger partial charge in [0.15, 0.2) is 5.89 Å². The summed E-state index contributed by atoms with van der Waals surface area (Å²) in [6.07, 6.45) is 4.39. The van der Waals surface area contributed by atoms with E-state index in [1.165, 1.54) is 7.11 Å². The Labute approximate surface area is 147 Å². The summed E-state index contributed by atoms with van der Waals surface area (Å²) in [5.74, 6) is 2.54. The molecule has 1 atom stereocenters. The van der Waals surface area contributed by atoms with Crippen LogP contribution < -0.4 is 4.74 Å². The van der Waals surface area contributed by atoms with Crippen molar-refractivity contribution in [1.29, 1.82) is 0 Å². The summed E-state index contributed by atoms with van der Waals surface area (Å²) >= 11 is 0. The van der Waals surface area contributed by atoms with Gasteiger partial charge in [-0.05, 0) is 30.5 Å². The molecule has 134 valence electrons. The first kappa shape index (κ1) is 17.5. The molecule has 1 unspecified atom stereocenters. The van der Waals surface area contributed by atoms with Crippen molar-refractivity contribution in [3.63, 3.8) is 0 Å². The molecule has 1 aliphatic rings. The predicted molar refractivity (Wildman–Crippen MR) is 92.7 cm³/mol. The number of piperidine rings is 1. The topological polar surface area (TPSA) is 64.8 Å². The van der Waals surface area contributed by atoms with E-state index < -0.39 is 0 Å². The first-order valence-electron chi connectivity index (χ1n) is 8.54. The fraction of sp³-hybridized carbons (Fsp3) is 0.474. The van der Waals surface area contributed by atoms with E-state index in [1.807, 2.05) is 29.2 Å². The average molecular weight is 344 g/mol. The molecule has 0 spiro atoms. The normalized spacial score (nSPS) is 17.5. The number of ether oxygens (including phenoxy) is 2. The van der Waals surface area contributed by atoms with Crippen molar-refractivity contribution in [2.75, 3.05) is 33.9 Å². The maximum Gasteiger partial charge on any atom is 0.248 e. The van der Waals surface area contributed by atoms with E-state index in [0.717, 1.165) is 36.5 Å². The highest BCUT2D eigenvalue weighted by molar-refractivity contribution is 5.77. The number of hydrogen-bond donors (Lipinski definition) is 0. The van der Waals surface area contributed by atoms with Gasteiger partial charge in [-0.25, -0.2) is 4.98 Å². The number of carbonyl (C=O) groups is 1. The number of benzene rings is 1. The first-order chi connectivity index (χ1) is 12.2. The Morgan fingerprint density at radius 2 is 2.28 bits per heavy atom. The summed E-state index contributed by atoms with van der Waals surface area (Å²) < 4.78 is 16.2. The zero-order chi connectivity index (χ0) is 17.6. The number of likely N-dealkylation sites (tertiary alicyclic amines) is 1. The van der Waals surface area contributed by atoms with E-state index in [1.54, 1.807) is 13.3 Å². The van der Waals surface area contributed by atoms with Crippen molar-refractivity contribution < 1.29 is 18.7 Å². The highest BCUT2D eigenvalue weighted by Crippen LogP contribution is 2.27.